The summed E-state index contributed by atoms with van der Waals surface area (Å²) in [6.07, 6.45) is 5.14. The highest BCUT2D eigenvalue weighted by molar-refractivity contribution is 5.84. The van der Waals surface area contributed by atoms with Crippen LogP contribution >= 0.6 is 0 Å². The molecular formula is C40H74N12O16. The van der Waals surface area contributed by atoms with Crippen LogP contribution in [0.2, 0.25) is 0 Å². The zero-order chi connectivity index (χ0) is 53.9. The molecule has 28 N–H and O–H groups in total. The molecule has 1 aliphatic rings. The maximum atomic E-state index is 10.6. The van der Waals surface area contributed by atoms with Gasteiger partial charge in [0.15, 0.2) is 5.96 Å². The number of aliphatic imine (C=N–C) groups is 1. The lowest BCUT2D eigenvalue weighted by Crippen LogP contribution is -2.34. The van der Waals surface area contributed by atoms with E-state index >= 15 is 0 Å². The van der Waals surface area contributed by atoms with Crippen molar-refractivity contribution in [2.75, 3.05) is 19.7 Å². The molecule has 1 aromatic heterocycles. The van der Waals surface area contributed by atoms with Gasteiger partial charge in [-0.1, -0.05) is 45.9 Å². The molecule has 28 heteroatoms. The number of benzene rings is 1. The number of rotatable bonds is 19. The van der Waals surface area contributed by atoms with E-state index in [0.29, 0.717) is 38.1 Å². The number of para-hydroxylation sites is 1. The molecular weight excluding hydrogens is 905 g/mol. The van der Waals surface area contributed by atoms with Crippen LogP contribution in [0.1, 0.15) is 71.8 Å². The number of amides is 1. The van der Waals surface area contributed by atoms with Crippen molar-refractivity contribution in [1.29, 1.82) is 0 Å². The molecule has 0 saturated carbocycles. The van der Waals surface area contributed by atoms with Crippen LogP contribution in [0.5, 0.6) is 0 Å². The summed E-state index contributed by atoms with van der Waals surface area (Å²) in [7, 11) is 0. The van der Waals surface area contributed by atoms with Gasteiger partial charge in [-0.15, -0.1) is 0 Å². The average Bonchev–Trinajstić information content (AvgIpc) is 3.94. The second-order valence-electron chi connectivity index (χ2n) is 15.3. The number of hydrogen-bond acceptors (Lipinski definition) is 17. The summed E-state index contributed by atoms with van der Waals surface area (Å²) in [6.45, 7) is 8.22. The van der Waals surface area contributed by atoms with Crippen molar-refractivity contribution in [3.63, 3.8) is 0 Å². The molecule has 0 radical (unpaired) electrons. The molecule has 1 saturated heterocycles. The van der Waals surface area contributed by atoms with E-state index in [9.17, 15) is 38.4 Å². The average molecular weight is 979 g/mol. The lowest BCUT2D eigenvalue weighted by atomic mass is 10.1. The number of nitrogens with zero attached hydrogens (tertiary/aromatic N) is 1. The quantitative estimate of drug-likeness (QED) is 0.0370. The fraction of sp³-hybridized carbons (Fsp3) is 0.575. The van der Waals surface area contributed by atoms with E-state index in [4.69, 9.17) is 86.7 Å². The molecule has 1 amide bonds. The number of fused-ring (bicyclic) bond motifs is 1. The summed E-state index contributed by atoms with van der Waals surface area (Å²) in [5, 5.41) is 69.9. The minimum atomic E-state index is -1.21. The standard InChI is InChI=1S/C11H12N2O2.C6H14N4O2.C6H13NO2.C5H9NO2.C5H11NO2.C4H8N2O3.C3H7NO3/c12-9(11(14)15)5-7-6-13-10-4-2-1-3-8(7)10;7-4(5(11)12)2-1-3-10-6(8)9;1-4(2)3-5(7)6(8)9;7-5(8)4-2-1-3-6-4;1-3(2)4(6)5(7)8;5-2(4(8)9)1-3(6)7;4-2(1-5)3(6)7/h1-4,6,9,13H,5,12H2,(H,14,15);4H,1-3,7H2,(H,11,12)(H4,8,9,10);4-5H,3,7H2,1-2H3,(H,8,9);4,6H,1-3H2,(H,7,8);3-4H,6H2,1-2H3,(H,7,8);2H,1,5H2,(H2,6,7)(H,8,9);2,5H,1,4H2,(H,6,7)/t;;;4-;;;/m...0.../s1. The number of carboxylic acids is 7. The van der Waals surface area contributed by atoms with Gasteiger partial charge >= 0.3 is 41.8 Å². The third-order valence-corrected chi connectivity index (χ3v) is 8.37. The molecule has 7 atom stereocenters. The number of carbonyl (C=O) groups is 8. The van der Waals surface area contributed by atoms with E-state index in [1.54, 1.807) is 13.8 Å². The number of H-pyrrole nitrogens is 1. The first kappa shape index (κ1) is 68.1. The second-order valence-corrected chi connectivity index (χ2v) is 15.3. The van der Waals surface area contributed by atoms with E-state index in [1.807, 2.05) is 44.3 Å². The monoisotopic (exact) mass is 979 g/mol. The molecule has 1 fully saturated rings. The summed E-state index contributed by atoms with van der Waals surface area (Å²) >= 11 is 0. The van der Waals surface area contributed by atoms with Crippen molar-refractivity contribution in [2.24, 2.45) is 68.4 Å². The van der Waals surface area contributed by atoms with Crippen molar-refractivity contribution >= 4 is 64.6 Å². The predicted octanol–water partition coefficient (Wildman–Crippen LogP) is -3.44. The Morgan fingerprint density at radius 2 is 1.19 bits per heavy atom. The van der Waals surface area contributed by atoms with Crippen LogP contribution < -0.4 is 56.9 Å². The normalized spacial score (nSPS) is 14.8. The molecule has 0 aliphatic carbocycles. The summed E-state index contributed by atoms with van der Waals surface area (Å²) in [6, 6.07) is 2.13. The number of nitrogens with two attached hydrogens (primary N) is 9. The Kier molecular flexibility index (Phi) is 38.6. The van der Waals surface area contributed by atoms with Gasteiger partial charge in [0, 0.05) is 30.1 Å². The van der Waals surface area contributed by atoms with Crippen LogP contribution in [0.15, 0.2) is 35.5 Å². The Hall–Kier alpha value is -6.53. The van der Waals surface area contributed by atoms with Crippen LogP contribution in [0, 0.1) is 11.8 Å². The summed E-state index contributed by atoms with van der Waals surface area (Å²) in [5.41, 5.74) is 47.5. The van der Waals surface area contributed by atoms with E-state index in [-0.39, 0.29) is 24.3 Å². The summed E-state index contributed by atoms with van der Waals surface area (Å²) in [4.78, 5) is 87.4. The fourth-order valence-electron chi connectivity index (χ4n) is 4.44. The first-order valence-corrected chi connectivity index (χ1v) is 20.7. The van der Waals surface area contributed by atoms with E-state index < -0.39 is 90.6 Å². The van der Waals surface area contributed by atoms with Gasteiger partial charge in [-0.05, 0) is 62.1 Å². The minimum absolute atomic E-state index is 0.0129. The molecule has 68 heavy (non-hydrogen) atoms. The second kappa shape index (κ2) is 38.6. The smallest absolute Gasteiger partial charge is 0.322 e. The lowest BCUT2D eigenvalue weighted by molar-refractivity contribution is -0.140. The Balaban J connectivity index is -0.000000358. The number of hydrogen-bond donors (Lipinski definition) is 19. The van der Waals surface area contributed by atoms with Crippen molar-refractivity contribution in [2.45, 2.75) is 115 Å². The van der Waals surface area contributed by atoms with Gasteiger partial charge in [-0.2, -0.15) is 0 Å². The first-order chi connectivity index (χ1) is 31.3. The number of primary amides is 1. The van der Waals surface area contributed by atoms with Gasteiger partial charge in [0.05, 0.1) is 13.0 Å². The van der Waals surface area contributed by atoms with Gasteiger partial charge in [0.25, 0.3) is 0 Å². The molecule has 0 bridgehead atoms. The molecule has 2 heterocycles. The van der Waals surface area contributed by atoms with Crippen LogP contribution in [0.25, 0.3) is 10.9 Å². The number of guanidine groups is 1. The van der Waals surface area contributed by atoms with E-state index in [0.717, 1.165) is 35.9 Å². The maximum absolute atomic E-state index is 10.6. The van der Waals surface area contributed by atoms with Crippen molar-refractivity contribution in [3.05, 3.63) is 36.0 Å². The molecule has 6 unspecified atom stereocenters. The highest BCUT2D eigenvalue weighted by Crippen LogP contribution is 2.18. The SMILES string of the molecule is CC(C)C(N)C(=O)O.CC(C)CC(N)C(=O)O.NC(=O)CC(N)C(=O)O.NC(CO)C(=O)O.NC(Cc1c[nH]c2ccccc12)C(=O)O.NC(N)=NCCCC(N)C(=O)O.O=C(O)[C@@H]1CCCN1. The molecule has 390 valence electrons. The molecule has 1 aromatic carbocycles. The van der Waals surface area contributed by atoms with Crippen molar-refractivity contribution in [1.82, 2.24) is 10.3 Å². The third kappa shape index (κ3) is 37.7. The Morgan fingerprint density at radius 1 is 0.691 bits per heavy atom. The molecule has 3 rings (SSSR count). The fourth-order valence-corrected chi connectivity index (χ4v) is 4.44. The zero-order valence-corrected chi connectivity index (χ0v) is 38.6. The summed E-state index contributed by atoms with van der Waals surface area (Å²) in [5.74, 6) is -7.24. The van der Waals surface area contributed by atoms with Crippen molar-refractivity contribution in [3.8, 4) is 0 Å². The minimum Gasteiger partial charge on any atom is -0.480 e. The van der Waals surface area contributed by atoms with Crippen LogP contribution in [-0.4, -0.2) is 161 Å². The number of nitrogens with one attached hydrogen (secondary N) is 2. The van der Waals surface area contributed by atoms with E-state index in [2.05, 4.69) is 21.0 Å². The van der Waals surface area contributed by atoms with Gasteiger partial charge < -0.3 is 103 Å². The number of aromatic nitrogens is 1. The van der Waals surface area contributed by atoms with Gasteiger partial charge in [-0.25, -0.2) is 0 Å². The van der Waals surface area contributed by atoms with Gasteiger partial charge in [0.2, 0.25) is 5.91 Å². The Labute approximate surface area is 392 Å². The number of aromatic amines is 1. The summed E-state index contributed by atoms with van der Waals surface area (Å²) < 4.78 is 0. The van der Waals surface area contributed by atoms with Crippen LogP contribution in [0.3, 0.4) is 0 Å². The zero-order valence-electron chi connectivity index (χ0n) is 38.6. The predicted molar refractivity (Wildman–Crippen MR) is 249 cm³/mol. The van der Waals surface area contributed by atoms with Gasteiger partial charge in [-0.3, -0.25) is 43.3 Å². The lowest BCUT2D eigenvalue weighted by Gasteiger charge is -2.07. The molecule has 0 spiro atoms. The van der Waals surface area contributed by atoms with Gasteiger partial charge in [0.1, 0.15) is 42.3 Å². The number of aliphatic hydroxyl groups excluding tert-OH is 1. The maximum Gasteiger partial charge on any atom is 0.322 e. The third-order valence-electron chi connectivity index (χ3n) is 8.37. The molecule has 2 aromatic rings. The number of carboxylic acid groups (broad SMARTS) is 7. The van der Waals surface area contributed by atoms with Crippen LogP contribution in [-0.2, 0) is 44.8 Å². The first-order valence-electron chi connectivity index (χ1n) is 20.7. The Morgan fingerprint density at radius 3 is 1.49 bits per heavy atom. The van der Waals surface area contributed by atoms with Crippen LogP contribution in [0.4, 0.5) is 0 Å². The molecule has 28 nitrogen and oxygen atoms in total. The van der Waals surface area contributed by atoms with E-state index in [1.165, 1.54) is 0 Å². The Bertz CT molecular complexity index is 1830. The largest absolute Gasteiger partial charge is 0.480 e. The molecule has 1 aliphatic heterocycles. The number of aliphatic hydroxyl groups is 1. The topological polar surface area (TPSA) is 573 Å². The number of aliphatic carboxylic acids is 7. The number of carbonyl (C=O) groups excluding carboxylic acids is 1. The highest BCUT2D eigenvalue weighted by Gasteiger charge is 2.20. The highest BCUT2D eigenvalue weighted by atomic mass is 16.4. The van der Waals surface area contributed by atoms with Crippen molar-refractivity contribution < 1.29 is 79.2 Å².